The number of ether oxygens (including phenoxy) is 1. The zero-order valence-corrected chi connectivity index (χ0v) is 12.9. The average Bonchev–Trinajstić information content (AvgIpc) is 2.53. The molecule has 0 atom stereocenters. The summed E-state index contributed by atoms with van der Waals surface area (Å²) in [5.74, 6) is 0.815. The van der Waals surface area contributed by atoms with E-state index in [0.717, 1.165) is 11.3 Å². The van der Waals surface area contributed by atoms with Gasteiger partial charge in [-0.2, -0.15) is 0 Å². The van der Waals surface area contributed by atoms with Crippen molar-refractivity contribution >= 4 is 17.7 Å². The molecule has 2 aromatic rings. The minimum atomic E-state index is -0.0402. The fraction of sp³-hybridized carbons (Fsp3) is 0.235. The van der Waals surface area contributed by atoms with E-state index < -0.39 is 0 Å². The lowest BCUT2D eigenvalue weighted by molar-refractivity contribution is 0.0956. The fourth-order valence-electron chi connectivity index (χ4n) is 1.92. The van der Waals surface area contributed by atoms with Crippen molar-refractivity contribution in [1.82, 2.24) is 5.32 Å². The standard InChI is InChI=1S/C17H19NO2S/c1-20-13-14-6-5-7-15(12-14)17(19)18-10-11-21-16-8-3-2-4-9-16/h2-9,12H,10-11,13H2,1H3,(H,18,19). The molecule has 0 aromatic heterocycles. The van der Waals surface area contributed by atoms with Gasteiger partial charge in [0.05, 0.1) is 6.61 Å². The largest absolute Gasteiger partial charge is 0.380 e. The van der Waals surface area contributed by atoms with Crippen LogP contribution >= 0.6 is 11.8 Å². The number of carbonyl (C=O) groups is 1. The van der Waals surface area contributed by atoms with Crippen molar-refractivity contribution in [2.24, 2.45) is 0 Å². The van der Waals surface area contributed by atoms with Crippen LogP contribution in [0.15, 0.2) is 59.5 Å². The van der Waals surface area contributed by atoms with Gasteiger partial charge >= 0.3 is 0 Å². The quantitative estimate of drug-likeness (QED) is 0.629. The number of rotatable bonds is 7. The van der Waals surface area contributed by atoms with Gasteiger partial charge in [0.2, 0.25) is 0 Å². The third kappa shape index (κ3) is 5.25. The van der Waals surface area contributed by atoms with Gasteiger partial charge in [0.1, 0.15) is 0 Å². The zero-order chi connectivity index (χ0) is 14.9. The van der Waals surface area contributed by atoms with Gasteiger partial charge in [-0.1, -0.05) is 30.3 Å². The summed E-state index contributed by atoms with van der Waals surface area (Å²) in [5, 5.41) is 2.94. The van der Waals surface area contributed by atoms with Crippen LogP contribution in [0, 0.1) is 0 Å². The smallest absolute Gasteiger partial charge is 0.251 e. The number of carbonyl (C=O) groups excluding carboxylic acids is 1. The van der Waals surface area contributed by atoms with Crippen molar-refractivity contribution < 1.29 is 9.53 Å². The van der Waals surface area contributed by atoms with E-state index in [1.807, 2.05) is 42.5 Å². The minimum Gasteiger partial charge on any atom is -0.380 e. The van der Waals surface area contributed by atoms with Gasteiger partial charge in [-0.15, -0.1) is 11.8 Å². The van der Waals surface area contributed by atoms with E-state index in [-0.39, 0.29) is 5.91 Å². The van der Waals surface area contributed by atoms with Crippen molar-refractivity contribution in [2.75, 3.05) is 19.4 Å². The SMILES string of the molecule is COCc1cccc(C(=O)NCCSc2ccccc2)c1. The van der Waals surface area contributed by atoms with Crippen molar-refractivity contribution in [3.63, 3.8) is 0 Å². The Bertz CT molecular complexity index is 572. The molecule has 0 spiro atoms. The number of methoxy groups -OCH3 is 1. The van der Waals surface area contributed by atoms with Crippen LogP contribution < -0.4 is 5.32 Å². The summed E-state index contributed by atoms with van der Waals surface area (Å²) in [6.45, 7) is 1.16. The van der Waals surface area contributed by atoms with Gasteiger partial charge in [-0.05, 0) is 29.8 Å². The van der Waals surface area contributed by atoms with Gasteiger partial charge in [0, 0.05) is 29.9 Å². The molecule has 2 aromatic carbocycles. The Kier molecular flexibility index (Phi) is 6.31. The molecule has 0 saturated carbocycles. The Labute approximate surface area is 129 Å². The Morgan fingerprint density at radius 1 is 1.14 bits per heavy atom. The van der Waals surface area contributed by atoms with Crippen molar-refractivity contribution in [1.29, 1.82) is 0 Å². The second-order valence-corrected chi connectivity index (χ2v) is 5.72. The van der Waals surface area contributed by atoms with Crippen LogP contribution in [0.2, 0.25) is 0 Å². The molecule has 0 bridgehead atoms. The molecule has 3 nitrogen and oxygen atoms in total. The third-order valence-corrected chi connectivity index (χ3v) is 3.91. The normalized spacial score (nSPS) is 10.3. The monoisotopic (exact) mass is 301 g/mol. The predicted octanol–water partition coefficient (Wildman–Crippen LogP) is 3.36. The van der Waals surface area contributed by atoms with E-state index in [1.165, 1.54) is 4.90 Å². The molecule has 0 aliphatic rings. The maximum atomic E-state index is 12.1. The van der Waals surface area contributed by atoms with Crippen LogP contribution in [-0.2, 0) is 11.3 Å². The van der Waals surface area contributed by atoms with Gasteiger partial charge in [0.25, 0.3) is 5.91 Å². The Morgan fingerprint density at radius 3 is 2.71 bits per heavy atom. The number of benzene rings is 2. The number of hydrogen-bond acceptors (Lipinski definition) is 3. The summed E-state index contributed by atoms with van der Waals surface area (Å²) in [4.78, 5) is 13.3. The van der Waals surface area contributed by atoms with E-state index in [1.54, 1.807) is 18.9 Å². The predicted molar refractivity (Wildman–Crippen MR) is 86.7 cm³/mol. The summed E-state index contributed by atoms with van der Waals surface area (Å²) < 4.78 is 5.08. The summed E-state index contributed by atoms with van der Waals surface area (Å²) >= 11 is 1.73. The molecule has 0 radical (unpaired) electrons. The molecule has 0 fully saturated rings. The molecule has 2 rings (SSSR count). The molecule has 4 heteroatoms. The molecule has 1 N–H and O–H groups in total. The number of thioether (sulfide) groups is 1. The Hall–Kier alpha value is -1.78. The summed E-state index contributed by atoms with van der Waals surface area (Å²) in [5.41, 5.74) is 1.68. The maximum absolute atomic E-state index is 12.1. The van der Waals surface area contributed by atoms with Crippen LogP contribution in [0.5, 0.6) is 0 Å². The van der Waals surface area contributed by atoms with E-state index in [0.29, 0.717) is 18.7 Å². The first-order valence-corrected chi connectivity index (χ1v) is 7.82. The molecule has 0 saturated heterocycles. The van der Waals surface area contributed by atoms with Gasteiger partial charge < -0.3 is 10.1 Å². The first-order valence-electron chi connectivity index (χ1n) is 6.83. The summed E-state index contributed by atoms with van der Waals surface area (Å²) in [6, 6.07) is 17.7. The molecular weight excluding hydrogens is 282 g/mol. The van der Waals surface area contributed by atoms with Gasteiger partial charge in [-0.25, -0.2) is 0 Å². The Balaban J connectivity index is 1.78. The molecular formula is C17H19NO2S. The van der Waals surface area contributed by atoms with E-state index >= 15 is 0 Å². The van der Waals surface area contributed by atoms with Crippen LogP contribution in [-0.4, -0.2) is 25.3 Å². The van der Waals surface area contributed by atoms with Crippen molar-refractivity contribution in [3.05, 3.63) is 65.7 Å². The number of hydrogen-bond donors (Lipinski definition) is 1. The molecule has 1 amide bonds. The highest BCUT2D eigenvalue weighted by atomic mass is 32.2. The van der Waals surface area contributed by atoms with Crippen molar-refractivity contribution in [2.45, 2.75) is 11.5 Å². The van der Waals surface area contributed by atoms with E-state index in [2.05, 4.69) is 17.4 Å². The highest BCUT2D eigenvalue weighted by molar-refractivity contribution is 7.99. The molecule has 21 heavy (non-hydrogen) atoms. The molecule has 0 heterocycles. The van der Waals surface area contributed by atoms with Crippen molar-refractivity contribution in [3.8, 4) is 0 Å². The lowest BCUT2D eigenvalue weighted by Gasteiger charge is -2.07. The second kappa shape index (κ2) is 8.49. The first kappa shape index (κ1) is 15.6. The summed E-state index contributed by atoms with van der Waals surface area (Å²) in [6.07, 6.45) is 0. The van der Waals surface area contributed by atoms with Gasteiger partial charge in [0.15, 0.2) is 0 Å². The van der Waals surface area contributed by atoms with E-state index in [9.17, 15) is 4.79 Å². The molecule has 0 unspecified atom stereocenters. The lowest BCUT2D eigenvalue weighted by Crippen LogP contribution is -2.25. The summed E-state index contributed by atoms with van der Waals surface area (Å²) in [7, 11) is 1.65. The Morgan fingerprint density at radius 2 is 1.95 bits per heavy atom. The number of amides is 1. The fourth-order valence-corrected chi connectivity index (χ4v) is 2.71. The van der Waals surface area contributed by atoms with Crippen LogP contribution in [0.1, 0.15) is 15.9 Å². The van der Waals surface area contributed by atoms with Crippen LogP contribution in [0.4, 0.5) is 0 Å². The van der Waals surface area contributed by atoms with Crippen LogP contribution in [0.3, 0.4) is 0 Å². The lowest BCUT2D eigenvalue weighted by atomic mass is 10.1. The maximum Gasteiger partial charge on any atom is 0.251 e. The minimum absolute atomic E-state index is 0.0402. The van der Waals surface area contributed by atoms with Crippen LogP contribution in [0.25, 0.3) is 0 Å². The van der Waals surface area contributed by atoms with Gasteiger partial charge in [-0.3, -0.25) is 4.79 Å². The highest BCUT2D eigenvalue weighted by Crippen LogP contribution is 2.15. The molecule has 0 aliphatic heterocycles. The zero-order valence-electron chi connectivity index (χ0n) is 12.0. The topological polar surface area (TPSA) is 38.3 Å². The second-order valence-electron chi connectivity index (χ2n) is 4.55. The number of nitrogens with one attached hydrogen (secondary N) is 1. The third-order valence-electron chi connectivity index (χ3n) is 2.90. The average molecular weight is 301 g/mol. The highest BCUT2D eigenvalue weighted by Gasteiger charge is 2.05. The molecule has 110 valence electrons. The molecule has 0 aliphatic carbocycles. The first-order chi connectivity index (χ1) is 10.3. The van der Waals surface area contributed by atoms with E-state index in [4.69, 9.17) is 4.74 Å².